The Hall–Kier alpha value is -2.36. The lowest BCUT2D eigenvalue weighted by Gasteiger charge is -2.20. The van der Waals surface area contributed by atoms with Crippen LogP contribution >= 0.6 is 7.82 Å². The average Bonchev–Trinajstić information content (AvgIpc) is 3.20. The molecule has 3 unspecified atom stereocenters. The standard InChI is InChI=1S/C47H81O9P/c1-3-5-7-9-11-13-15-17-19-21-22-23-25-27-29-31-33-35-37-39-47(50)56-46(44-55-57(51,52)54-42-45(49)41-48)43-53-40-38-36-34-32-30-28-26-24-20-18-16-14-12-10-8-6-4-2/h5,7,11,13,17,19-20,22-24,27,29,33,35,45-46,48-49H,3-4,6,8-10,12,14-16,18,21,25-26,28,30-32,34,36-44H2,1-2H3,(H,51,52)/b7-5-,13-11-,19-17-,23-22-,24-20-,29-27-,35-33-. The number of carbonyl (C=O) groups is 1. The number of phosphoric acid groups is 1. The van der Waals surface area contributed by atoms with Crippen molar-refractivity contribution in [3.63, 3.8) is 0 Å². The smallest absolute Gasteiger partial charge is 0.457 e. The molecule has 0 fully saturated rings. The molecule has 0 saturated carbocycles. The highest BCUT2D eigenvalue weighted by molar-refractivity contribution is 7.47. The van der Waals surface area contributed by atoms with E-state index in [-0.39, 0.29) is 13.0 Å². The van der Waals surface area contributed by atoms with Crippen LogP contribution in [0.15, 0.2) is 85.1 Å². The van der Waals surface area contributed by atoms with Gasteiger partial charge in [0.15, 0.2) is 0 Å². The van der Waals surface area contributed by atoms with Gasteiger partial charge in [0.25, 0.3) is 0 Å². The second-order valence-corrected chi connectivity index (χ2v) is 15.8. The average molecular weight is 821 g/mol. The number of aliphatic hydroxyl groups excluding tert-OH is 2. The molecule has 0 bridgehead atoms. The molecular weight excluding hydrogens is 739 g/mol. The van der Waals surface area contributed by atoms with Gasteiger partial charge in [0.1, 0.15) is 12.2 Å². The van der Waals surface area contributed by atoms with Crippen molar-refractivity contribution in [1.82, 2.24) is 0 Å². The summed E-state index contributed by atoms with van der Waals surface area (Å²) < 4.78 is 33.3. The van der Waals surface area contributed by atoms with Gasteiger partial charge >= 0.3 is 13.8 Å². The van der Waals surface area contributed by atoms with Gasteiger partial charge in [0.05, 0.1) is 26.4 Å². The summed E-state index contributed by atoms with van der Waals surface area (Å²) in [5, 5.41) is 18.3. The predicted octanol–water partition coefficient (Wildman–Crippen LogP) is 12.3. The quantitative estimate of drug-likeness (QED) is 0.0239. The van der Waals surface area contributed by atoms with Crippen molar-refractivity contribution >= 4 is 13.8 Å². The molecule has 0 aliphatic heterocycles. The lowest BCUT2D eigenvalue weighted by molar-refractivity contribution is -0.154. The van der Waals surface area contributed by atoms with E-state index in [9.17, 15) is 19.4 Å². The molecule has 10 heteroatoms. The first-order chi connectivity index (χ1) is 27.8. The monoisotopic (exact) mass is 821 g/mol. The van der Waals surface area contributed by atoms with Crippen LogP contribution < -0.4 is 0 Å². The van der Waals surface area contributed by atoms with Gasteiger partial charge in [-0.25, -0.2) is 4.57 Å². The maximum Gasteiger partial charge on any atom is 0.472 e. The molecule has 0 aromatic heterocycles. The van der Waals surface area contributed by atoms with Crippen molar-refractivity contribution in [1.29, 1.82) is 0 Å². The largest absolute Gasteiger partial charge is 0.472 e. The van der Waals surface area contributed by atoms with Gasteiger partial charge in [0, 0.05) is 13.0 Å². The Balaban J connectivity index is 4.32. The van der Waals surface area contributed by atoms with Crippen LogP contribution in [-0.2, 0) is 27.9 Å². The number of hydrogen-bond acceptors (Lipinski definition) is 8. The van der Waals surface area contributed by atoms with Gasteiger partial charge in [-0.1, -0.05) is 163 Å². The van der Waals surface area contributed by atoms with Crippen LogP contribution in [0.3, 0.4) is 0 Å². The van der Waals surface area contributed by atoms with Crippen molar-refractivity contribution < 1.29 is 43.0 Å². The topological polar surface area (TPSA) is 132 Å². The van der Waals surface area contributed by atoms with Gasteiger partial charge < -0.3 is 24.6 Å². The lowest BCUT2D eigenvalue weighted by Crippen LogP contribution is -2.29. The molecule has 0 aromatic carbocycles. The summed E-state index contributed by atoms with van der Waals surface area (Å²) in [5.74, 6) is -0.469. The van der Waals surface area contributed by atoms with Gasteiger partial charge in [0.2, 0.25) is 0 Å². The summed E-state index contributed by atoms with van der Waals surface area (Å²) in [6.07, 6.45) is 52.7. The Bertz CT molecular complexity index is 1160. The summed E-state index contributed by atoms with van der Waals surface area (Å²) in [5.41, 5.74) is 0. The fourth-order valence-electron chi connectivity index (χ4n) is 5.49. The summed E-state index contributed by atoms with van der Waals surface area (Å²) in [6.45, 7) is 3.27. The van der Waals surface area contributed by atoms with Crippen LogP contribution in [0.4, 0.5) is 0 Å². The van der Waals surface area contributed by atoms with Crippen molar-refractivity contribution in [3.8, 4) is 0 Å². The molecular formula is C47H81O9P. The number of allylic oxidation sites excluding steroid dienone is 14. The second-order valence-electron chi connectivity index (χ2n) is 14.3. The maximum absolute atomic E-state index is 12.6. The maximum atomic E-state index is 12.6. The van der Waals surface area contributed by atoms with E-state index in [2.05, 4.69) is 86.8 Å². The Morgan fingerprint density at radius 3 is 1.51 bits per heavy atom. The molecule has 0 aliphatic rings. The van der Waals surface area contributed by atoms with Crippen molar-refractivity contribution in [2.75, 3.05) is 33.0 Å². The zero-order valence-electron chi connectivity index (χ0n) is 35.8. The zero-order chi connectivity index (χ0) is 41.8. The van der Waals surface area contributed by atoms with E-state index in [4.69, 9.17) is 23.6 Å². The molecule has 328 valence electrons. The van der Waals surface area contributed by atoms with Crippen LogP contribution in [0.2, 0.25) is 0 Å². The first kappa shape index (κ1) is 54.6. The highest BCUT2D eigenvalue weighted by Gasteiger charge is 2.26. The molecule has 9 nitrogen and oxygen atoms in total. The second kappa shape index (κ2) is 43.2. The third kappa shape index (κ3) is 43.1. The fourth-order valence-corrected chi connectivity index (χ4v) is 6.28. The van der Waals surface area contributed by atoms with E-state index < -0.39 is 45.8 Å². The van der Waals surface area contributed by atoms with E-state index in [1.54, 1.807) is 0 Å². The number of ether oxygens (including phenoxy) is 2. The normalized spacial score (nSPS) is 14.8. The van der Waals surface area contributed by atoms with Crippen LogP contribution in [0.25, 0.3) is 0 Å². The van der Waals surface area contributed by atoms with Crippen molar-refractivity contribution in [2.45, 2.75) is 174 Å². The minimum atomic E-state index is -4.54. The third-order valence-corrected chi connectivity index (χ3v) is 9.78. The molecule has 0 rings (SSSR count). The summed E-state index contributed by atoms with van der Waals surface area (Å²) >= 11 is 0. The summed E-state index contributed by atoms with van der Waals surface area (Å²) in [7, 11) is -4.54. The Morgan fingerprint density at radius 1 is 0.561 bits per heavy atom. The molecule has 0 saturated heterocycles. The molecule has 0 aliphatic carbocycles. The van der Waals surface area contributed by atoms with Crippen molar-refractivity contribution in [3.05, 3.63) is 85.1 Å². The summed E-state index contributed by atoms with van der Waals surface area (Å²) in [6, 6.07) is 0. The number of hydrogen-bond donors (Lipinski definition) is 3. The molecule has 3 atom stereocenters. The highest BCUT2D eigenvalue weighted by atomic mass is 31.2. The van der Waals surface area contributed by atoms with Crippen LogP contribution in [0, 0.1) is 0 Å². The van der Waals surface area contributed by atoms with Gasteiger partial charge in [-0.3, -0.25) is 13.8 Å². The van der Waals surface area contributed by atoms with E-state index in [1.807, 2.05) is 12.2 Å². The molecule has 0 aromatic rings. The number of unbranched alkanes of at least 4 members (excludes halogenated alkanes) is 13. The van der Waals surface area contributed by atoms with Crippen LogP contribution in [0.5, 0.6) is 0 Å². The number of phosphoric ester groups is 1. The van der Waals surface area contributed by atoms with Crippen LogP contribution in [0.1, 0.15) is 162 Å². The van der Waals surface area contributed by atoms with E-state index in [0.29, 0.717) is 13.0 Å². The highest BCUT2D eigenvalue weighted by Crippen LogP contribution is 2.43. The number of carbonyl (C=O) groups excluding carboxylic acids is 1. The molecule has 57 heavy (non-hydrogen) atoms. The van der Waals surface area contributed by atoms with Gasteiger partial charge in [-0.15, -0.1) is 0 Å². The number of esters is 1. The Morgan fingerprint density at radius 2 is 1.00 bits per heavy atom. The first-order valence-corrected chi connectivity index (χ1v) is 23.6. The number of rotatable bonds is 41. The Kier molecular flexibility index (Phi) is 41.4. The lowest BCUT2D eigenvalue weighted by atomic mass is 10.1. The van der Waals surface area contributed by atoms with Gasteiger partial charge in [-0.2, -0.15) is 0 Å². The predicted molar refractivity (Wildman–Crippen MR) is 237 cm³/mol. The summed E-state index contributed by atoms with van der Waals surface area (Å²) in [4.78, 5) is 22.6. The number of aliphatic hydroxyl groups is 2. The van der Waals surface area contributed by atoms with Crippen LogP contribution in [-0.4, -0.2) is 66.3 Å². The molecule has 3 N–H and O–H groups in total. The Labute approximate surface area is 347 Å². The zero-order valence-corrected chi connectivity index (χ0v) is 36.7. The molecule has 0 radical (unpaired) electrons. The molecule has 0 amide bonds. The molecule has 0 spiro atoms. The first-order valence-electron chi connectivity index (χ1n) is 22.1. The third-order valence-electron chi connectivity index (χ3n) is 8.83. The fraction of sp³-hybridized carbons (Fsp3) is 0.681. The minimum absolute atomic E-state index is 0.0100. The van der Waals surface area contributed by atoms with E-state index >= 15 is 0 Å². The van der Waals surface area contributed by atoms with E-state index in [0.717, 1.165) is 64.2 Å². The van der Waals surface area contributed by atoms with Gasteiger partial charge in [-0.05, 0) is 77.0 Å². The minimum Gasteiger partial charge on any atom is -0.457 e. The SMILES string of the molecule is CC/C=C\C/C=C\C/C=C\C/C=C\C/C=C\C/C=C\CCC(=O)OC(COCCCCCCCC/C=C\CCCCCCCCC)COP(=O)(O)OCC(O)CO. The van der Waals surface area contributed by atoms with Crippen molar-refractivity contribution in [2.24, 2.45) is 0 Å². The molecule has 0 heterocycles. The van der Waals surface area contributed by atoms with E-state index in [1.165, 1.54) is 70.6 Å².